The Bertz CT molecular complexity index is 783. The van der Waals surface area contributed by atoms with E-state index in [1.165, 1.54) is 0 Å². The molecule has 22 heavy (non-hydrogen) atoms. The Balaban J connectivity index is 1.68. The van der Waals surface area contributed by atoms with Crippen LogP contribution >= 0.6 is 0 Å². The molecule has 3 heterocycles. The van der Waals surface area contributed by atoms with Gasteiger partial charge in [-0.1, -0.05) is 12.1 Å². The fourth-order valence-electron chi connectivity index (χ4n) is 2.85. The third-order valence-corrected chi connectivity index (χ3v) is 4.06. The van der Waals surface area contributed by atoms with Crippen LogP contribution in [-0.4, -0.2) is 25.3 Å². The topological polar surface area (TPSA) is 57.6 Å². The zero-order valence-corrected chi connectivity index (χ0v) is 12.4. The van der Waals surface area contributed by atoms with Crippen LogP contribution in [0.2, 0.25) is 0 Å². The number of nitrogens with zero attached hydrogens (tertiary/aromatic N) is 1. The van der Waals surface area contributed by atoms with E-state index in [9.17, 15) is 0 Å². The predicted molar refractivity (Wildman–Crippen MR) is 81.1 cm³/mol. The number of fused-ring (bicyclic) bond motifs is 1. The highest BCUT2D eigenvalue weighted by Crippen LogP contribution is 2.35. The zero-order chi connectivity index (χ0) is 14.9. The molecule has 0 amide bonds. The lowest BCUT2D eigenvalue weighted by molar-refractivity contribution is 0.0795. The second kappa shape index (κ2) is 5.50. The van der Waals surface area contributed by atoms with E-state index >= 15 is 0 Å². The maximum atomic E-state index is 5.91. The Kier molecular flexibility index (Phi) is 3.35. The molecule has 1 aliphatic heterocycles. The number of hydrogen-bond acceptors (Lipinski definition) is 5. The highest BCUT2D eigenvalue weighted by atomic mass is 16.5. The Hall–Kier alpha value is -2.27. The lowest BCUT2D eigenvalue weighted by Gasteiger charge is -2.18. The molecule has 0 aliphatic carbocycles. The monoisotopic (exact) mass is 299 g/mol. The van der Waals surface area contributed by atoms with E-state index in [4.69, 9.17) is 18.3 Å². The maximum Gasteiger partial charge on any atom is 0.198 e. The van der Waals surface area contributed by atoms with Gasteiger partial charge in [0.1, 0.15) is 0 Å². The van der Waals surface area contributed by atoms with Gasteiger partial charge in [0.15, 0.2) is 28.7 Å². The van der Waals surface area contributed by atoms with Crippen LogP contribution in [0.5, 0.6) is 5.75 Å². The normalized spacial score (nSPS) is 16.2. The van der Waals surface area contributed by atoms with E-state index in [-0.39, 0.29) is 0 Å². The smallest absolute Gasteiger partial charge is 0.198 e. The molecular weight excluding hydrogens is 282 g/mol. The molecule has 0 radical (unpaired) electrons. The van der Waals surface area contributed by atoms with Crippen molar-refractivity contribution in [3.05, 3.63) is 36.4 Å². The van der Waals surface area contributed by atoms with Crippen LogP contribution in [0.1, 0.15) is 24.7 Å². The summed E-state index contributed by atoms with van der Waals surface area (Å²) in [4.78, 5) is 4.42. The minimum Gasteiger partial charge on any atom is -0.493 e. The molecule has 1 aliphatic rings. The van der Waals surface area contributed by atoms with Crippen molar-refractivity contribution >= 4 is 11.0 Å². The number of methoxy groups -OCH3 is 1. The van der Waals surface area contributed by atoms with Crippen LogP contribution < -0.4 is 4.74 Å². The summed E-state index contributed by atoms with van der Waals surface area (Å²) >= 11 is 0. The van der Waals surface area contributed by atoms with Crippen molar-refractivity contribution in [1.29, 1.82) is 0 Å². The van der Waals surface area contributed by atoms with Gasteiger partial charge in [0.05, 0.1) is 13.3 Å². The van der Waals surface area contributed by atoms with Crippen molar-refractivity contribution in [1.82, 2.24) is 4.98 Å². The van der Waals surface area contributed by atoms with Crippen molar-refractivity contribution in [2.45, 2.75) is 18.8 Å². The number of para-hydroxylation sites is 1. The first-order valence-electron chi connectivity index (χ1n) is 7.45. The maximum absolute atomic E-state index is 5.91. The Morgan fingerprint density at radius 1 is 1.14 bits per heavy atom. The number of hydrogen-bond donors (Lipinski definition) is 0. The largest absolute Gasteiger partial charge is 0.493 e. The fourth-order valence-corrected chi connectivity index (χ4v) is 2.85. The summed E-state index contributed by atoms with van der Waals surface area (Å²) in [7, 11) is 1.63. The SMILES string of the molecule is COc1cccc2cc(-c3cnc(C4CCOCC4)o3)oc12. The lowest BCUT2D eigenvalue weighted by atomic mass is 10.0. The minimum atomic E-state index is 0.335. The average molecular weight is 299 g/mol. The van der Waals surface area contributed by atoms with Crippen molar-refractivity contribution in [3.63, 3.8) is 0 Å². The molecule has 1 saturated heterocycles. The van der Waals surface area contributed by atoms with E-state index < -0.39 is 0 Å². The van der Waals surface area contributed by atoms with E-state index in [1.807, 2.05) is 24.3 Å². The fraction of sp³-hybridized carbons (Fsp3) is 0.353. The standard InChI is InChI=1S/C17H17NO4/c1-19-13-4-2-3-12-9-14(21-16(12)13)15-10-18-17(22-15)11-5-7-20-8-6-11/h2-4,9-11H,5-8H2,1H3. The van der Waals surface area contributed by atoms with Gasteiger partial charge >= 0.3 is 0 Å². The molecule has 5 heteroatoms. The summed E-state index contributed by atoms with van der Waals surface area (Å²) in [5.41, 5.74) is 0.726. The van der Waals surface area contributed by atoms with Crippen LogP contribution in [0.15, 0.2) is 39.3 Å². The van der Waals surface area contributed by atoms with E-state index in [2.05, 4.69) is 4.98 Å². The molecule has 0 unspecified atom stereocenters. The molecule has 0 spiro atoms. The molecule has 0 atom stereocenters. The number of benzene rings is 1. The van der Waals surface area contributed by atoms with Gasteiger partial charge in [-0.2, -0.15) is 0 Å². The molecule has 0 saturated carbocycles. The summed E-state index contributed by atoms with van der Waals surface area (Å²) in [6, 6.07) is 7.75. The van der Waals surface area contributed by atoms with E-state index in [1.54, 1.807) is 13.3 Å². The first kappa shape index (κ1) is 13.4. The van der Waals surface area contributed by atoms with Crippen LogP contribution in [0.4, 0.5) is 0 Å². The van der Waals surface area contributed by atoms with Gasteiger partial charge in [-0.05, 0) is 25.0 Å². The zero-order valence-electron chi connectivity index (χ0n) is 12.4. The number of oxazole rings is 1. The Labute approximate surface area is 127 Å². The average Bonchev–Trinajstić information content (AvgIpc) is 3.21. The van der Waals surface area contributed by atoms with Crippen LogP contribution in [-0.2, 0) is 4.74 Å². The van der Waals surface area contributed by atoms with Gasteiger partial charge in [-0.15, -0.1) is 0 Å². The van der Waals surface area contributed by atoms with Crippen LogP contribution in [0, 0.1) is 0 Å². The lowest BCUT2D eigenvalue weighted by Crippen LogP contribution is -2.14. The van der Waals surface area contributed by atoms with Crippen molar-refractivity contribution in [2.75, 3.05) is 20.3 Å². The van der Waals surface area contributed by atoms with Gasteiger partial charge < -0.3 is 18.3 Å². The summed E-state index contributed by atoms with van der Waals surface area (Å²) in [6.07, 6.45) is 3.64. The molecule has 2 aromatic heterocycles. The van der Waals surface area contributed by atoms with Crippen molar-refractivity contribution in [3.8, 4) is 17.3 Å². The highest BCUT2D eigenvalue weighted by molar-refractivity contribution is 5.86. The third kappa shape index (κ3) is 2.27. The molecule has 0 N–H and O–H groups in total. The van der Waals surface area contributed by atoms with Gasteiger partial charge in [-0.3, -0.25) is 0 Å². The molecule has 5 nitrogen and oxygen atoms in total. The number of furan rings is 1. The third-order valence-electron chi connectivity index (χ3n) is 4.06. The Morgan fingerprint density at radius 3 is 2.82 bits per heavy atom. The second-order valence-electron chi connectivity index (χ2n) is 5.44. The summed E-state index contributed by atoms with van der Waals surface area (Å²) in [5, 5.41) is 0.985. The molecule has 1 aromatic carbocycles. The first-order valence-corrected chi connectivity index (χ1v) is 7.45. The quantitative estimate of drug-likeness (QED) is 0.732. The van der Waals surface area contributed by atoms with Gasteiger partial charge in [-0.25, -0.2) is 4.98 Å². The summed E-state index contributed by atoms with van der Waals surface area (Å²) in [6.45, 7) is 1.54. The summed E-state index contributed by atoms with van der Waals surface area (Å²) < 4.78 is 22.5. The van der Waals surface area contributed by atoms with Gasteiger partial charge in [0.2, 0.25) is 0 Å². The van der Waals surface area contributed by atoms with Crippen LogP contribution in [0.25, 0.3) is 22.5 Å². The van der Waals surface area contributed by atoms with Crippen molar-refractivity contribution in [2.24, 2.45) is 0 Å². The second-order valence-corrected chi connectivity index (χ2v) is 5.44. The first-order chi connectivity index (χ1) is 10.8. The summed E-state index contributed by atoms with van der Waals surface area (Å²) in [5.74, 6) is 3.14. The highest BCUT2D eigenvalue weighted by Gasteiger charge is 2.22. The predicted octanol–water partition coefficient (Wildman–Crippen LogP) is 3.99. The van der Waals surface area contributed by atoms with E-state index in [0.29, 0.717) is 23.2 Å². The Morgan fingerprint density at radius 2 is 2.00 bits per heavy atom. The van der Waals surface area contributed by atoms with Crippen molar-refractivity contribution < 1.29 is 18.3 Å². The van der Waals surface area contributed by atoms with Gasteiger partial charge in [0.25, 0.3) is 0 Å². The molecule has 114 valence electrons. The molecule has 1 fully saturated rings. The minimum absolute atomic E-state index is 0.335. The van der Waals surface area contributed by atoms with Crippen LogP contribution in [0.3, 0.4) is 0 Å². The molecular formula is C17H17NO4. The van der Waals surface area contributed by atoms with E-state index in [0.717, 1.165) is 42.9 Å². The molecule has 4 rings (SSSR count). The molecule has 0 bridgehead atoms. The number of rotatable bonds is 3. The number of aromatic nitrogens is 1. The number of ether oxygens (including phenoxy) is 2. The molecule has 3 aromatic rings. The van der Waals surface area contributed by atoms with Gasteiger partial charge in [0, 0.05) is 24.5 Å².